The number of carbonyl (C=O) groups excluding carboxylic acids is 1. The van der Waals surface area contributed by atoms with Gasteiger partial charge in [0, 0.05) is 32.6 Å². The molecule has 36 heavy (non-hydrogen) atoms. The summed E-state index contributed by atoms with van der Waals surface area (Å²) in [6, 6.07) is 1.84. The first-order valence-electron chi connectivity index (χ1n) is 10.7. The molecule has 11 nitrogen and oxygen atoms in total. The van der Waals surface area contributed by atoms with Gasteiger partial charge < -0.3 is 14.6 Å². The van der Waals surface area contributed by atoms with Crippen LogP contribution < -0.4 is 5.32 Å². The van der Waals surface area contributed by atoms with E-state index in [1.54, 1.807) is 6.92 Å². The number of sulfone groups is 1. The maximum Gasteiger partial charge on any atom is 0.417 e. The quantitative estimate of drug-likeness (QED) is 0.389. The number of ether oxygens (including phenoxy) is 1. The van der Waals surface area contributed by atoms with Crippen LogP contribution in [0, 0.1) is 0 Å². The molecule has 1 unspecified atom stereocenters. The van der Waals surface area contributed by atoms with E-state index in [-0.39, 0.29) is 52.3 Å². The van der Waals surface area contributed by atoms with Crippen molar-refractivity contribution in [2.45, 2.75) is 31.1 Å². The van der Waals surface area contributed by atoms with Gasteiger partial charge in [-0.2, -0.15) is 18.3 Å². The van der Waals surface area contributed by atoms with Gasteiger partial charge in [0.15, 0.2) is 26.2 Å². The molecule has 192 valence electrons. The molecule has 4 rings (SSSR count). The molecule has 4 aromatic heterocycles. The first-order valence-corrected chi connectivity index (χ1v) is 12.3. The van der Waals surface area contributed by atoms with Crippen LogP contribution in [-0.2, 0) is 27.8 Å². The molecule has 0 fully saturated rings. The molecular formula is C21H22F3N7O4S. The van der Waals surface area contributed by atoms with E-state index in [1.807, 2.05) is 0 Å². The van der Waals surface area contributed by atoms with Crippen molar-refractivity contribution in [1.82, 2.24) is 34.4 Å². The highest BCUT2D eigenvalue weighted by Gasteiger charge is 2.33. The van der Waals surface area contributed by atoms with Crippen molar-refractivity contribution in [2.75, 3.05) is 19.5 Å². The Morgan fingerprint density at radius 1 is 1.25 bits per heavy atom. The first-order chi connectivity index (χ1) is 16.9. The lowest BCUT2D eigenvalue weighted by Crippen LogP contribution is -2.36. The predicted molar refractivity (Wildman–Crippen MR) is 122 cm³/mol. The third kappa shape index (κ3) is 4.39. The molecule has 1 atom stereocenters. The third-order valence-corrected chi connectivity index (χ3v) is 7.08. The Labute approximate surface area is 203 Å². The van der Waals surface area contributed by atoms with Crippen LogP contribution in [0.25, 0.3) is 28.2 Å². The summed E-state index contributed by atoms with van der Waals surface area (Å²) in [5, 5.41) is 6.51. The second-order valence-electron chi connectivity index (χ2n) is 8.04. The summed E-state index contributed by atoms with van der Waals surface area (Å²) >= 11 is 0. The summed E-state index contributed by atoms with van der Waals surface area (Å²) in [7, 11) is -1.01. The Morgan fingerprint density at radius 3 is 2.61 bits per heavy atom. The van der Waals surface area contributed by atoms with E-state index in [0.29, 0.717) is 6.20 Å². The molecule has 4 heterocycles. The Balaban J connectivity index is 1.98. The van der Waals surface area contributed by atoms with Crippen molar-refractivity contribution in [3.8, 4) is 11.4 Å². The number of rotatable bonds is 7. The number of hydrogen-bond donors (Lipinski definition) is 1. The second-order valence-corrected chi connectivity index (χ2v) is 10.2. The fourth-order valence-corrected chi connectivity index (χ4v) is 4.67. The average Bonchev–Trinajstić information content (AvgIpc) is 3.36. The fourth-order valence-electron chi connectivity index (χ4n) is 3.69. The van der Waals surface area contributed by atoms with Crippen molar-refractivity contribution in [1.29, 1.82) is 0 Å². The standard InChI is InChI=1S/C21H22F3N7O4S/c1-5-36(33,34)20-15(18-28-13-8-12(21(22,23)24)9-26-16(13)30(18)3)17-25-7-6-14(31(17)29-20)19(32)27-11(2)10-35-4/h6-9,11H,5,10H2,1-4H3,(H,27,32). The zero-order valence-corrected chi connectivity index (χ0v) is 20.5. The number of imidazole rings is 1. The average molecular weight is 526 g/mol. The van der Waals surface area contributed by atoms with Crippen LogP contribution in [-0.4, -0.2) is 69.0 Å². The molecule has 0 aromatic carbocycles. The highest BCUT2D eigenvalue weighted by Crippen LogP contribution is 2.34. The van der Waals surface area contributed by atoms with Crippen molar-refractivity contribution in [3.63, 3.8) is 0 Å². The van der Waals surface area contributed by atoms with Gasteiger partial charge in [0.25, 0.3) is 5.91 Å². The van der Waals surface area contributed by atoms with E-state index in [1.165, 1.54) is 37.9 Å². The van der Waals surface area contributed by atoms with E-state index < -0.39 is 32.5 Å². The number of nitrogens with one attached hydrogen (secondary N) is 1. The van der Waals surface area contributed by atoms with Crippen LogP contribution in [0.1, 0.15) is 29.9 Å². The lowest BCUT2D eigenvalue weighted by atomic mass is 10.2. The number of aromatic nitrogens is 6. The number of methoxy groups -OCH3 is 1. The van der Waals surface area contributed by atoms with E-state index in [0.717, 1.165) is 10.6 Å². The van der Waals surface area contributed by atoms with Gasteiger partial charge in [-0.1, -0.05) is 6.92 Å². The van der Waals surface area contributed by atoms with E-state index in [2.05, 4.69) is 25.4 Å². The maximum atomic E-state index is 13.2. The number of hydrogen-bond acceptors (Lipinski definition) is 8. The van der Waals surface area contributed by atoms with Crippen molar-refractivity contribution in [2.24, 2.45) is 7.05 Å². The van der Waals surface area contributed by atoms with E-state index in [9.17, 15) is 26.4 Å². The molecule has 1 amide bonds. The number of halogens is 3. The topological polar surface area (TPSA) is 133 Å². The van der Waals surface area contributed by atoms with Crippen LogP contribution >= 0.6 is 0 Å². The smallest absolute Gasteiger partial charge is 0.383 e. The molecule has 15 heteroatoms. The lowest BCUT2D eigenvalue weighted by molar-refractivity contribution is -0.137. The normalized spacial score (nSPS) is 13.4. The number of alkyl halides is 3. The molecule has 1 N–H and O–H groups in total. The van der Waals surface area contributed by atoms with Gasteiger partial charge in [-0.25, -0.2) is 27.9 Å². The lowest BCUT2D eigenvalue weighted by Gasteiger charge is -2.13. The van der Waals surface area contributed by atoms with Crippen LogP contribution in [0.2, 0.25) is 0 Å². The summed E-state index contributed by atoms with van der Waals surface area (Å²) in [5.41, 5.74) is -1.06. The molecule has 0 aliphatic heterocycles. The van der Waals surface area contributed by atoms with Crippen LogP contribution in [0.3, 0.4) is 0 Å². The summed E-state index contributed by atoms with van der Waals surface area (Å²) in [6.45, 7) is 3.39. The molecule has 4 aromatic rings. The van der Waals surface area contributed by atoms with Gasteiger partial charge in [0.05, 0.1) is 17.9 Å². The predicted octanol–water partition coefficient (Wildman–Crippen LogP) is 2.26. The largest absolute Gasteiger partial charge is 0.417 e. The molecule has 0 saturated carbocycles. The van der Waals surface area contributed by atoms with Gasteiger partial charge in [-0.05, 0) is 19.1 Å². The van der Waals surface area contributed by atoms with Crippen molar-refractivity contribution >= 4 is 32.6 Å². The van der Waals surface area contributed by atoms with Gasteiger partial charge in [0.2, 0.25) is 0 Å². The highest BCUT2D eigenvalue weighted by molar-refractivity contribution is 7.91. The minimum Gasteiger partial charge on any atom is -0.383 e. The Morgan fingerprint density at radius 2 is 1.97 bits per heavy atom. The number of carbonyl (C=O) groups is 1. The number of aryl methyl sites for hydroxylation is 1. The number of nitrogens with zero attached hydrogens (tertiary/aromatic N) is 6. The number of fused-ring (bicyclic) bond motifs is 2. The molecule has 0 radical (unpaired) electrons. The van der Waals surface area contributed by atoms with E-state index >= 15 is 0 Å². The van der Waals surface area contributed by atoms with Gasteiger partial charge in [0.1, 0.15) is 22.6 Å². The third-order valence-electron chi connectivity index (χ3n) is 5.45. The molecule has 0 bridgehead atoms. The monoisotopic (exact) mass is 525 g/mol. The number of amides is 1. The minimum absolute atomic E-state index is 0.00185. The van der Waals surface area contributed by atoms with Gasteiger partial charge >= 0.3 is 6.18 Å². The van der Waals surface area contributed by atoms with Crippen LogP contribution in [0.15, 0.2) is 29.6 Å². The summed E-state index contributed by atoms with van der Waals surface area (Å²) in [5.74, 6) is -0.893. The maximum absolute atomic E-state index is 13.2. The summed E-state index contributed by atoms with van der Waals surface area (Å²) in [4.78, 5) is 25.3. The second kappa shape index (κ2) is 9.13. The van der Waals surface area contributed by atoms with Gasteiger partial charge in [-0.15, -0.1) is 0 Å². The Hall–Kier alpha value is -3.59. The highest BCUT2D eigenvalue weighted by atomic mass is 32.2. The van der Waals surface area contributed by atoms with Crippen molar-refractivity contribution < 1.29 is 31.1 Å². The molecule has 0 saturated heterocycles. The van der Waals surface area contributed by atoms with Crippen LogP contribution in [0.5, 0.6) is 0 Å². The molecule has 0 spiro atoms. The summed E-state index contributed by atoms with van der Waals surface area (Å²) < 4.78 is 73.1. The Bertz CT molecular complexity index is 1580. The number of pyridine rings is 1. The molecule has 0 aliphatic rings. The summed E-state index contributed by atoms with van der Waals surface area (Å²) in [6.07, 6.45) is -2.65. The molecular weight excluding hydrogens is 503 g/mol. The van der Waals surface area contributed by atoms with Crippen LogP contribution in [0.4, 0.5) is 13.2 Å². The zero-order valence-electron chi connectivity index (χ0n) is 19.7. The van der Waals surface area contributed by atoms with E-state index in [4.69, 9.17) is 4.74 Å². The SMILES string of the molecule is CCS(=O)(=O)c1nn2c(C(=O)NC(C)COC)ccnc2c1-c1nc2cc(C(F)(F)F)cnc2n1C. The Kier molecular flexibility index (Phi) is 6.47. The zero-order chi connectivity index (χ0) is 26.4. The molecule has 0 aliphatic carbocycles. The van der Waals surface area contributed by atoms with Crippen molar-refractivity contribution in [3.05, 3.63) is 35.8 Å². The first kappa shape index (κ1) is 25.5. The van der Waals surface area contributed by atoms with Gasteiger partial charge in [-0.3, -0.25) is 4.79 Å². The minimum atomic E-state index is -4.64. The fraction of sp³-hybridized carbons (Fsp3) is 0.381.